The molecule has 0 saturated carbocycles. The molecule has 2 atom stereocenters. The van der Waals surface area contributed by atoms with Crippen molar-refractivity contribution >= 4 is 11.7 Å². The van der Waals surface area contributed by atoms with Gasteiger partial charge in [0.25, 0.3) is 0 Å². The van der Waals surface area contributed by atoms with E-state index in [1.54, 1.807) is 12.1 Å². The van der Waals surface area contributed by atoms with Gasteiger partial charge in [0.1, 0.15) is 11.9 Å². The molecule has 0 heterocycles. The minimum atomic E-state index is -0.735. The predicted octanol–water partition coefficient (Wildman–Crippen LogP) is 4.29. The quantitative estimate of drug-likeness (QED) is 0.657. The number of benzene rings is 2. The van der Waals surface area contributed by atoms with Gasteiger partial charge in [0.05, 0.1) is 0 Å². The molecule has 0 radical (unpaired) electrons. The maximum atomic E-state index is 13.3. The molecule has 5 heteroatoms. The van der Waals surface area contributed by atoms with Crippen LogP contribution in [0.4, 0.5) is 10.1 Å². The zero-order chi connectivity index (χ0) is 18.9. The molecule has 0 aliphatic heterocycles. The number of hydrogen-bond donors (Lipinski definition) is 2. The second kappa shape index (κ2) is 9.92. The van der Waals surface area contributed by atoms with E-state index in [4.69, 9.17) is 10.5 Å². The van der Waals surface area contributed by atoms with Crippen LogP contribution in [0.1, 0.15) is 38.3 Å². The summed E-state index contributed by atoms with van der Waals surface area (Å²) in [6, 6.07) is 14.5. The Labute approximate surface area is 154 Å². The van der Waals surface area contributed by atoms with E-state index in [0.717, 1.165) is 18.5 Å². The van der Waals surface area contributed by atoms with Gasteiger partial charge in [-0.15, -0.1) is 0 Å². The number of carbonyl (C=O) groups is 1. The fraction of sp³-hybridized carbons (Fsp3) is 0.381. The van der Waals surface area contributed by atoms with Crippen molar-refractivity contribution in [2.45, 2.75) is 38.8 Å². The fourth-order valence-electron chi connectivity index (χ4n) is 3.00. The van der Waals surface area contributed by atoms with E-state index in [-0.39, 0.29) is 24.4 Å². The highest BCUT2D eigenvalue weighted by Gasteiger charge is 2.28. The molecule has 1 unspecified atom stereocenters. The fourth-order valence-corrected chi connectivity index (χ4v) is 3.00. The van der Waals surface area contributed by atoms with Gasteiger partial charge in [-0.05, 0) is 48.6 Å². The van der Waals surface area contributed by atoms with Crippen LogP contribution in [-0.4, -0.2) is 18.6 Å². The van der Waals surface area contributed by atoms with Gasteiger partial charge in [0, 0.05) is 12.2 Å². The summed E-state index contributed by atoms with van der Waals surface area (Å²) in [5.41, 5.74) is 7.26. The maximum absolute atomic E-state index is 13.3. The van der Waals surface area contributed by atoms with Gasteiger partial charge in [-0.3, -0.25) is 0 Å². The molecule has 140 valence electrons. The van der Waals surface area contributed by atoms with Crippen LogP contribution in [0, 0.1) is 11.7 Å². The highest BCUT2D eigenvalue weighted by atomic mass is 19.1. The highest BCUT2D eigenvalue weighted by molar-refractivity contribution is 5.81. The Balaban J connectivity index is 2.24. The van der Waals surface area contributed by atoms with Crippen molar-refractivity contribution < 1.29 is 13.9 Å². The molecule has 0 saturated heterocycles. The minimum absolute atomic E-state index is 0.217. The predicted molar refractivity (Wildman–Crippen MR) is 102 cm³/mol. The normalized spacial score (nSPS) is 13.3. The summed E-state index contributed by atoms with van der Waals surface area (Å²) in [6.45, 7) is 4.40. The molecule has 2 aromatic rings. The molecular formula is C21H27FN2O2. The molecule has 4 nitrogen and oxygen atoms in total. The van der Waals surface area contributed by atoms with Crippen molar-refractivity contribution in [3.05, 3.63) is 66.0 Å². The Morgan fingerprint density at radius 2 is 1.69 bits per heavy atom. The summed E-state index contributed by atoms with van der Waals surface area (Å²) >= 11 is 0. The maximum Gasteiger partial charge on any atom is 0.333 e. The third-order valence-electron chi connectivity index (χ3n) is 4.60. The van der Waals surface area contributed by atoms with Gasteiger partial charge in [-0.25, -0.2) is 9.18 Å². The smallest absolute Gasteiger partial charge is 0.333 e. The van der Waals surface area contributed by atoms with E-state index < -0.39 is 12.0 Å². The first-order chi connectivity index (χ1) is 12.6. The van der Waals surface area contributed by atoms with Crippen molar-refractivity contribution in [3.8, 4) is 0 Å². The van der Waals surface area contributed by atoms with E-state index in [0.29, 0.717) is 5.56 Å². The number of esters is 1. The summed E-state index contributed by atoms with van der Waals surface area (Å²) in [6.07, 6.45) is 1.44. The van der Waals surface area contributed by atoms with E-state index in [2.05, 4.69) is 19.2 Å². The van der Waals surface area contributed by atoms with Crippen LogP contribution in [-0.2, 0) is 9.53 Å². The summed E-state index contributed by atoms with van der Waals surface area (Å²) in [7, 11) is 0. The lowest BCUT2D eigenvalue weighted by molar-refractivity contribution is -0.152. The molecule has 0 bridgehead atoms. The summed E-state index contributed by atoms with van der Waals surface area (Å²) < 4.78 is 19.0. The van der Waals surface area contributed by atoms with Gasteiger partial charge < -0.3 is 15.8 Å². The van der Waals surface area contributed by atoms with Gasteiger partial charge in [0.15, 0.2) is 6.04 Å². The summed E-state index contributed by atoms with van der Waals surface area (Å²) in [5, 5.41) is 3.18. The largest absolute Gasteiger partial charge is 0.459 e. The second-order valence-electron chi connectivity index (χ2n) is 6.28. The first kappa shape index (κ1) is 19.9. The van der Waals surface area contributed by atoms with Crippen molar-refractivity contribution in [3.63, 3.8) is 0 Å². The van der Waals surface area contributed by atoms with E-state index in [1.807, 2.05) is 30.3 Å². The van der Waals surface area contributed by atoms with E-state index in [1.165, 1.54) is 12.1 Å². The topological polar surface area (TPSA) is 64.3 Å². The van der Waals surface area contributed by atoms with Crippen LogP contribution < -0.4 is 11.1 Å². The lowest BCUT2D eigenvalue weighted by atomic mass is 9.96. The molecule has 26 heavy (non-hydrogen) atoms. The number of ether oxygens (including phenoxy) is 1. The number of nitrogens with one attached hydrogen (secondary N) is 1. The van der Waals surface area contributed by atoms with Crippen LogP contribution in [0.3, 0.4) is 0 Å². The van der Waals surface area contributed by atoms with Gasteiger partial charge in [-0.2, -0.15) is 0 Å². The Morgan fingerprint density at radius 1 is 1.08 bits per heavy atom. The number of para-hydroxylation sites is 1. The Hall–Kier alpha value is -2.40. The zero-order valence-corrected chi connectivity index (χ0v) is 15.3. The molecular weight excluding hydrogens is 331 g/mol. The van der Waals surface area contributed by atoms with Crippen molar-refractivity contribution in [1.29, 1.82) is 0 Å². The number of nitrogens with two attached hydrogens (primary N) is 1. The highest BCUT2D eigenvalue weighted by Crippen LogP contribution is 2.24. The first-order valence-electron chi connectivity index (χ1n) is 9.06. The molecule has 0 amide bonds. The standard InChI is InChI=1S/C21H27FN2O2/c1-3-15(4-2)19(14-23)26-21(25)20(16-10-12-17(22)13-11-16)24-18-8-6-5-7-9-18/h5-13,15,19-20,24H,3-4,14,23H2,1-2H3/t19-,20?/m0/s1. The monoisotopic (exact) mass is 358 g/mol. The van der Waals surface area contributed by atoms with Crippen molar-refractivity contribution in [2.75, 3.05) is 11.9 Å². The molecule has 0 aliphatic rings. The Morgan fingerprint density at radius 3 is 2.23 bits per heavy atom. The van der Waals surface area contributed by atoms with Gasteiger partial charge >= 0.3 is 5.97 Å². The SMILES string of the molecule is CCC(CC)[C@H](CN)OC(=O)C(Nc1ccccc1)c1ccc(F)cc1. The molecule has 2 aromatic carbocycles. The number of carbonyl (C=O) groups excluding carboxylic acids is 1. The van der Waals surface area contributed by atoms with Gasteiger partial charge in [-0.1, -0.05) is 44.2 Å². The van der Waals surface area contributed by atoms with E-state index in [9.17, 15) is 9.18 Å². The van der Waals surface area contributed by atoms with Crippen LogP contribution in [0.5, 0.6) is 0 Å². The average Bonchev–Trinajstić information content (AvgIpc) is 2.67. The number of hydrogen-bond acceptors (Lipinski definition) is 4. The van der Waals surface area contributed by atoms with Gasteiger partial charge in [0.2, 0.25) is 0 Å². The molecule has 0 aromatic heterocycles. The van der Waals surface area contributed by atoms with Crippen molar-refractivity contribution in [2.24, 2.45) is 11.7 Å². The molecule has 0 fully saturated rings. The van der Waals surface area contributed by atoms with Crippen LogP contribution in [0.25, 0.3) is 0 Å². The number of anilines is 1. The van der Waals surface area contributed by atoms with Crippen molar-refractivity contribution in [1.82, 2.24) is 0 Å². The Bertz CT molecular complexity index is 672. The number of rotatable bonds is 9. The molecule has 0 spiro atoms. The molecule has 0 aliphatic carbocycles. The number of halogens is 1. The van der Waals surface area contributed by atoms with Crippen LogP contribution in [0.15, 0.2) is 54.6 Å². The molecule has 3 N–H and O–H groups in total. The van der Waals surface area contributed by atoms with Crippen LogP contribution in [0.2, 0.25) is 0 Å². The first-order valence-corrected chi connectivity index (χ1v) is 9.06. The Kier molecular flexibility index (Phi) is 7.60. The average molecular weight is 358 g/mol. The van der Waals surface area contributed by atoms with E-state index >= 15 is 0 Å². The molecule has 2 rings (SSSR count). The second-order valence-corrected chi connectivity index (χ2v) is 6.28. The lowest BCUT2D eigenvalue weighted by Crippen LogP contribution is -2.36. The van der Waals surface area contributed by atoms with Crippen LogP contribution >= 0.6 is 0 Å². The summed E-state index contributed by atoms with van der Waals surface area (Å²) in [4.78, 5) is 12.9. The third-order valence-corrected chi connectivity index (χ3v) is 4.60. The summed E-state index contributed by atoms with van der Waals surface area (Å²) in [5.74, 6) is -0.546. The minimum Gasteiger partial charge on any atom is -0.459 e. The zero-order valence-electron chi connectivity index (χ0n) is 15.3. The lowest BCUT2D eigenvalue weighted by Gasteiger charge is -2.27. The third kappa shape index (κ3) is 5.30.